The van der Waals surface area contributed by atoms with Gasteiger partial charge in [-0.15, -0.1) is 11.3 Å². The number of nitrogens with zero attached hydrogens (tertiary/aromatic N) is 3. The van der Waals surface area contributed by atoms with E-state index in [4.69, 9.17) is 9.47 Å². The summed E-state index contributed by atoms with van der Waals surface area (Å²) in [5.41, 5.74) is 3.70. The highest BCUT2D eigenvalue weighted by molar-refractivity contribution is 7.89. The Labute approximate surface area is 209 Å². The molecule has 3 aromatic rings. The zero-order valence-corrected chi connectivity index (χ0v) is 21.7. The molecule has 0 aliphatic carbocycles. The number of hydrogen-bond donors (Lipinski definition) is 1. The maximum atomic E-state index is 12.6. The van der Waals surface area contributed by atoms with Crippen molar-refractivity contribution in [1.82, 2.24) is 14.2 Å². The number of amides is 1. The summed E-state index contributed by atoms with van der Waals surface area (Å²) < 4.78 is 36.4. The van der Waals surface area contributed by atoms with Crippen molar-refractivity contribution in [3.63, 3.8) is 0 Å². The highest BCUT2D eigenvalue weighted by Crippen LogP contribution is 2.33. The second kappa shape index (κ2) is 10.3. The van der Waals surface area contributed by atoms with Crippen LogP contribution in [0.4, 0.5) is 5.13 Å². The van der Waals surface area contributed by atoms with Gasteiger partial charge in [-0.1, -0.05) is 0 Å². The number of nitrogens with one attached hydrogen (secondary N) is 1. The number of hydrogen-bond acceptors (Lipinski definition) is 8. The van der Waals surface area contributed by atoms with E-state index in [0.29, 0.717) is 17.2 Å². The van der Waals surface area contributed by atoms with Crippen LogP contribution in [-0.2, 0) is 29.5 Å². The molecule has 1 amide bonds. The van der Waals surface area contributed by atoms with Gasteiger partial charge in [-0.3, -0.25) is 15.0 Å². The third-order valence-corrected chi connectivity index (χ3v) is 8.49. The van der Waals surface area contributed by atoms with E-state index in [2.05, 4.69) is 15.2 Å². The van der Waals surface area contributed by atoms with E-state index >= 15 is 0 Å². The molecule has 1 aliphatic heterocycles. The van der Waals surface area contributed by atoms with Crippen LogP contribution in [0.1, 0.15) is 27.2 Å². The predicted octanol–water partition coefficient (Wildman–Crippen LogP) is 3.22. The molecule has 35 heavy (non-hydrogen) atoms. The molecule has 186 valence electrons. The van der Waals surface area contributed by atoms with Gasteiger partial charge in [-0.05, 0) is 53.9 Å². The average Bonchev–Trinajstić information content (AvgIpc) is 3.29. The number of anilines is 1. The Balaban J connectivity index is 1.38. The standard InChI is InChI=1S/C24H28N4O5S2/c1-27(2)35(30,31)20-7-5-16(6-8-20)23(29)26-24-25-19(15-34-24)14-28-10-9-17-11-21(32-3)22(33-4)12-18(17)13-28/h5-8,11-12,15H,9-10,13-14H2,1-4H3,(H,25,26,29). The SMILES string of the molecule is COc1cc2c(cc1OC)CN(Cc1csc(NC(=O)c3ccc(S(=O)(=O)N(C)C)cc3)n1)CC2. The summed E-state index contributed by atoms with van der Waals surface area (Å²) in [6, 6.07) is 9.92. The molecule has 9 nitrogen and oxygen atoms in total. The fraction of sp³-hybridized carbons (Fsp3) is 0.333. The monoisotopic (exact) mass is 516 g/mol. The number of methoxy groups -OCH3 is 2. The Bertz CT molecular complexity index is 1320. The van der Waals surface area contributed by atoms with Crippen LogP contribution in [0.5, 0.6) is 11.5 Å². The number of carbonyl (C=O) groups is 1. The normalized spacial score (nSPS) is 14.0. The van der Waals surface area contributed by atoms with E-state index < -0.39 is 10.0 Å². The maximum absolute atomic E-state index is 12.6. The lowest BCUT2D eigenvalue weighted by atomic mass is 9.98. The van der Waals surface area contributed by atoms with E-state index in [0.717, 1.165) is 41.0 Å². The summed E-state index contributed by atoms with van der Waals surface area (Å²) in [4.78, 5) is 19.6. The van der Waals surface area contributed by atoms with Crippen molar-refractivity contribution >= 4 is 32.4 Å². The summed E-state index contributed by atoms with van der Waals surface area (Å²) in [5.74, 6) is 1.13. The van der Waals surface area contributed by atoms with Crippen molar-refractivity contribution in [3.8, 4) is 11.5 Å². The van der Waals surface area contributed by atoms with Gasteiger partial charge in [0.25, 0.3) is 5.91 Å². The quantitative estimate of drug-likeness (QED) is 0.491. The predicted molar refractivity (Wildman–Crippen MR) is 135 cm³/mol. The number of carbonyl (C=O) groups excluding carboxylic acids is 1. The van der Waals surface area contributed by atoms with E-state index in [-0.39, 0.29) is 10.8 Å². The molecule has 0 spiro atoms. The maximum Gasteiger partial charge on any atom is 0.257 e. The minimum atomic E-state index is -3.54. The highest BCUT2D eigenvalue weighted by Gasteiger charge is 2.21. The second-order valence-electron chi connectivity index (χ2n) is 8.35. The lowest BCUT2D eigenvalue weighted by molar-refractivity contribution is 0.102. The summed E-state index contributed by atoms with van der Waals surface area (Å²) in [6.07, 6.45) is 0.906. The van der Waals surface area contributed by atoms with Crippen molar-refractivity contribution in [1.29, 1.82) is 0 Å². The average molecular weight is 517 g/mol. The molecule has 1 aromatic heterocycles. The number of fused-ring (bicyclic) bond motifs is 1. The van der Waals surface area contributed by atoms with Crippen LogP contribution in [0.15, 0.2) is 46.7 Å². The van der Waals surface area contributed by atoms with Crippen molar-refractivity contribution in [2.75, 3.05) is 40.2 Å². The molecule has 1 aliphatic rings. The molecule has 2 aromatic carbocycles. The van der Waals surface area contributed by atoms with E-state index in [9.17, 15) is 13.2 Å². The molecule has 0 saturated heterocycles. The first-order valence-electron chi connectivity index (χ1n) is 11.0. The molecule has 4 rings (SSSR count). The van der Waals surface area contributed by atoms with Crippen LogP contribution in [0.2, 0.25) is 0 Å². The first kappa shape index (κ1) is 25.1. The summed E-state index contributed by atoms with van der Waals surface area (Å²) in [5, 5.41) is 5.24. The molecule has 1 N–H and O–H groups in total. The summed E-state index contributed by atoms with van der Waals surface area (Å²) in [7, 11) is 2.66. The van der Waals surface area contributed by atoms with Crippen LogP contribution in [0.25, 0.3) is 0 Å². The topological polar surface area (TPSA) is 101 Å². The molecule has 11 heteroatoms. The Morgan fingerprint density at radius 1 is 1.11 bits per heavy atom. The number of ether oxygens (including phenoxy) is 2. The second-order valence-corrected chi connectivity index (χ2v) is 11.4. The molecular weight excluding hydrogens is 488 g/mol. The number of aromatic nitrogens is 1. The minimum absolute atomic E-state index is 0.134. The number of thiazole rings is 1. The summed E-state index contributed by atoms with van der Waals surface area (Å²) >= 11 is 1.36. The van der Waals surface area contributed by atoms with Gasteiger partial charge in [0.05, 0.1) is 24.8 Å². The fourth-order valence-corrected chi connectivity index (χ4v) is 5.50. The fourth-order valence-electron chi connectivity index (χ4n) is 3.90. The lowest BCUT2D eigenvalue weighted by Gasteiger charge is -2.29. The Kier molecular flexibility index (Phi) is 7.41. The smallest absolute Gasteiger partial charge is 0.257 e. The molecule has 0 fully saturated rings. The first-order valence-corrected chi connectivity index (χ1v) is 13.3. The van der Waals surface area contributed by atoms with Crippen molar-refractivity contribution < 1.29 is 22.7 Å². The van der Waals surface area contributed by atoms with Gasteiger partial charge in [-0.25, -0.2) is 17.7 Å². The molecule has 0 atom stereocenters. The third kappa shape index (κ3) is 5.48. The van der Waals surface area contributed by atoms with Gasteiger partial charge >= 0.3 is 0 Å². The van der Waals surface area contributed by atoms with Gasteiger partial charge in [0, 0.05) is 44.7 Å². The largest absolute Gasteiger partial charge is 0.493 e. The van der Waals surface area contributed by atoms with Gasteiger partial charge in [0.15, 0.2) is 16.6 Å². The van der Waals surface area contributed by atoms with Gasteiger partial charge < -0.3 is 9.47 Å². The molecule has 0 saturated carbocycles. The molecular formula is C24H28N4O5S2. The molecule has 0 unspecified atom stereocenters. The minimum Gasteiger partial charge on any atom is -0.493 e. The van der Waals surface area contributed by atoms with E-state index in [1.54, 1.807) is 14.2 Å². The number of sulfonamides is 1. The third-order valence-electron chi connectivity index (χ3n) is 5.85. The summed E-state index contributed by atoms with van der Waals surface area (Å²) in [6.45, 7) is 2.33. The highest BCUT2D eigenvalue weighted by atomic mass is 32.2. The Morgan fingerprint density at radius 3 is 2.40 bits per heavy atom. The molecule has 2 heterocycles. The molecule has 0 bridgehead atoms. The van der Waals surface area contributed by atoms with Gasteiger partial charge in [-0.2, -0.15) is 0 Å². The lowest BCUT2D eigenvalue weighted by Crippen LogP contribution is -2.30. The van der Waals surface area contributed by atoms with Gasteiger partial charge in [0.2, 0.25) is 10.0 Å². The van der Waals surface area contributed by atoms with E-state index in [1.807, 2.05) is 17.5 Å². The zero-order chi connectivity index (χ0) is 25.2. The van der Waals surface area contributed by atoms with Crippen LogP contribution < -0.4 is 14.8 Å². The van der Waals surface area contributed by atoms with Crippen molar-refractivity contribution in [2.24, 2.45) is 0 Å². The number of benzene rings is 2. The Hall–Kier alpha value is -2.99. The van der Waals surface area contributed by atoms with E-state index in [1.165, 1.54) is 60.8 Å². The zero-order valence-electron chi connectivity index (χ0n) is 20.1. The van der Waals surface area contributed by atoms with Crippen molar-refractivity contribution in [3.05, 3.63) is 64.2 Å². The van der Waals surface area contributed by atoms with Crippen LogP contribution in [0.3, 0.4) is 0 Å². The van der Waals surface area contributed by atoms with Crippen molar-refractivity contribution in [2.45, 2.75) is 24.4 Å². The molecule has 0 radical (unpaired) electrons. The first-order chi connectivity index (χ1) is 16.7. The van der Waals surface area contributed by atoms with Crippen LogP contribution in [-0.4, -0.2) is 63.4 Å². The number of rotatable bonds is 8. The van der Waals surface area contributed by atoms with Gasteiger partial charge in [0.1, 0.15) is 0 Å². The van der Waals surface area contributed by atoms with Crippen LogP contribution in [0, 0.1) is 0 Å². The van der Waals surface area contributed by atoms with Crippen LogP contribution >= 0.6 is 11.3 Å². The Morgan fingerprint density at radius 2 is 1.77 bits per heavy atom.